The van der Waals surface area contributed by atoms with Gasteiger partial charge in [-0.25, -0.2) is 0 Å². The van der Waals surface area contributed by atoms with Gasteiger partial charge in [-0.1, -0.05) is 85.5 Å². The van der Waals surface area contributed by atoms with Crippen LogP contribution in [0.2, 0.25) is 0 Å². The summed E-state index contributed by atoms with van der Waals surface area (Å²) in [7, 11) is 0. The fourth-order valence-electron chi connectivity index (χ4n) is 2.81. The Morgan fingerprint density at radius 2 is 1.52 bits per heavy atom. The first-order chi connectivity index (χ1) is 10.3. The molecule has 3 rings (SSSR count). The van der Waals surface area contributed by atoms with Crippen molar-refractivity contribution in [3.8, 4) is 11.1 Å². The van der Waals surface area contributed by atoms with Crippen molar-refractivity contribution in [2.45, 2.75) is 6.92 Å². The SMILES string of the molecule is C=Cc1cccc(-c2cccc3ccccc23)c1/C=C\C. The zero-order valence-corrected chi connectivity index (χ0v) is 12.2. The van der Waals surface area contributed by atoms with Crippen molar-refractivity contribution in [2.75, 3.05) is 0 Å². The molecule has 0 aromatic heterocycles. The molecule has 0 heteroatoms. The predicted molar refractivity (Wildman–Crippen MR) is 94.2 cm³/mol. The third kappa shape index (κ3) is 2.41. The topological polar surface area (TPSA) is 0 Å². The van der Waals surface area contributed by atoms with Crippen LogP contribution < -0.4 is 0 Å². The minimum absolute atomic E-state index is 1.17. The van der Waals surface area contributed by atoms with Gasteiger partial charge in [0.2, 0.25) is 0 Å². The summed E-state index contributed by atoms with van der Waals surface area (Å²) in [6.45, 7) is 5.99. The molecule has 0 nitrogen and oxygen atoms in total. The maximum absolute atomic E-state index is 3.94. The van der Waals surface area contributed by atoms with Crippen LogP contribution in [0.25, 0.3) is 34.1 Å². The summed E-state index contributed by atoms with van der Waals surface area (Å²) in [4.78, 5) is 0. The minimum atomic E-state index is 1.17. The zero-order chi connectivity index (χ0) is 14.7. The average Bonchev–Trinajstić information content (AvgIpc) is 2.55. The lowest BCUT2D eigenvalue weighted by Gasteiger charge is -2.12. The van der Waals surface area contributed by atoms with Crippen LogP contribution in [-0.4, -0.2) is 0 Å². The molecule has 0 amide bonds. The quantitative estimate of drug-likeness (QED) is 0.533. The Labute approximate surface area is 126 Å². The highest BCUT2D eigenvalue weighted by atomic mass is 14.1. The first kappa shape index (κ1) is 13.4. The molecule has 0 bridgehead atoms. The van der Waals surface area contributed by atoms with E-state index in [1.807, 2.05) is 13.0 Å². The van der Waals surface area contributed by atoms with Crippen LogP contribution in [0.15, 0.2) is 73.3 Å². The monoisotopic (exact) mass is 270 g/mol. The highest BCUT2D eigenvalue weighted by Crippen LogP contribution is 2.33. The van der Waals surface area contributed by atoms with Gasteiger partial charge in [0.1, 0.15) is 0 Å². The standard InChI is InChI=1S/C21H18/c1-3-9-18-16(4-2)11-7-14-20(18)21-15-8-12-17-10-5-6-13-19(17)21/h3-15H,2H2,1H3/b9-3-. The van der Waals surface area contributed by atoms with Gasteiger partial charge in [0.15, 0.2) is 0 Å². The molecule has 0 heterocycles. The zero-order valence-electron chi connectivity index (χ0n) is 12.2. The van der Waals surface area contributed by atoms with E-state index in [1.54, 1.807) is 0 Å². The summed E-state index contributed by atoms with van der Waals surface area (Å²) >= 11 is 0. The molecule has 3 aromatic rings. The highest BCUT2D eigenvalue weighted by Gasteiger charge is 2.08. The number of fused-ring (bicyclic) bond motifs is 1. The molecular formula is C21H18. The molecule has 102 valence electrons. The molecule has 0 N–H and O–H groups in total. The molecule has 0 saturated heterocycles. The van der Waals surface area contributed by atoms with Gasteiger partial charge in [-0.05, 0) is 39.9 Å². The van der Waals surface area contributed by atoms with Gasteiger partial charge in [0.05, 0.1) is 0 Å². The van der Waals surface area contributed by atoms with E-state index in [0.29, 0.717) is 0 Å². The summed E-state index contributed by atoms with van der Waals surface area (Å²) in [5.41, 5.74) is 4.91. The van der Waals surface area contributed by atoms with E-state index < -0.39 is 0 Å². The van der Waals surface area contributed by atoms with Crippen LogP contribution in [-0.2, 0) is 0 Å². The Kier molecular flexibility index (Phi) is 3.70. The lowest BCUT2D eigenvalue weighted by atomic mass is 9.91. The van der Waals surface area contributed by atoms with Crippen molar-refractivity contribution in [3.63, 3.8) is 0 Å². The van der Waals surface area contributed by atoms with Gasteiger partial charge in [-0.15, -0.1) is 0 Å². The van der Waals surface area contributed by atoms with Crippen LogP contribution in [0.1, 0.15) is 18.1 Å². The molecule has 21 heavy (non-hydrogen) atoms. The molecular weight excluding hydrogens is 252 g/mol. The number of hydrogen-bond donors (Lipinski definition) is 0. The Hall–Kier alpha value is -2.60. The van der Waals surface area contributed by atoms with E-state index in [2.05, 4.69) is 79.4 Å². The van der Waals surface area contributed by atoms with Crippen LogP contribution in [0.4, 0.5) is 0 Å². The fraction of sp³-hybridized carbons (Fsp3) is 0.0476. The van der Waals surface area contributed by atoms with E-state index >= 15 is 0 Å². The number of allylic oxidation sites excluding steroid dienone is 1. The van der Waals surface area contributed by atoms with Gasteiger partial charge in [0, 0.05) is 0 Å². The maximum Gasteiger partial charge on any atom is -0.00992 e. The van der Waals surface area contributed by atoms with Crippen molar-refractivity contribution < 1.29 is 0 Å². The molecule has 0 spiro atoms. The second-order valence-electron chi connectivity index (χ2n) is 5.04. The smallest absolute Gasteiger partial charge is 0.00992 e. The Morgan fingerprint density at radius 1 is 0.810 bits per heavy atom. The summed E-state index contributed by atoms with van der Waals surface area (Å²) in [6.07, 6.45) is 6.16. The van der Waals surface area contributed by atoms with Gasteiger partial charge in [-0.3, -0.25) is 0 Å². The van der Waals surface area contributed by atoms with Crippen LogP contribution in [0.5, 0.6) is 0 Å². The van der Waals surface area contributed by atoms with Crippen LogP contribution >= 0.6 is 0 Å². The number of benzene rings is 3. The van der Waals surface area contributed by atoms with Crippen molar-refractivity contribution in [2.24, 2.45) is 0 Å². The van der Waals surface area contributed by atoms with Crippen molar-refractivity contribution in [1.29, 1.82) is 0 Å². The molecule has 0 atom stereocenters. The molecule has 0 fully saturated rings. The maximum atomic E-state index is 3.94. The fourth-order valence-corrected chi connectivity index (χ4v) is 2.81. The van der Waals surface area contributed by atoms with E-state index in [0.717, 1.165) is 0 Å². The Balaban J connectivity index is 2.35. The van der Waals surface area contributed by atoms with Gasteiger partial charge < -0.3 is 0 Å². The summed E-state index contributed by atoms with van der Waals surface area (Å²) in [5.74, 6) is 0. The van der Waals surface area contributed by atoms with Gasteiger partial charge in [-0.2, -0.15) is 0 Å². The second-order valence-corrected chi connectivity index (χ2v) is 5.04. The Bertz CT molecular complexity index is 817. The van der Waals surface area contributed by atoms with Gasteiger partial charge >= 0.3 is 0 Å². The summed E-state index contributed by atoms with van der Waals surface area (Å²) in [6, 6.07) is 21.4. The number of hydrogen-bond acceptors (Lipinski definition) is 0. The summed E-state index contributed by atoms with van der Waals surface area (Å²) in [5, 5.41) is 2.55. The van der Waals surface area contributed by atoms with E-state index in [9.17, 15) is 0 Å². The van der Waals surface area contributed by atoms with Crippen molar-refractivity contribution >= 4 is 22.9 Å². The molecule has 0 radical (unpaired) electrons. The molecule has 0 saturated carbocycles. The van der Waals surface area contributed by atoms with E-state index in [1.165, 1.54) is 33.0 Å². The minimum Gasteiger partial charge on any atom is -0.0984 e. The first-order valence-electron chi connectivity index (χ1n) is 7.21. The highest BCUT2D eigenvalue weighted by molar-refractivity contribution is 5.99. The van der Waals surface area contributed by atoms with E-state index in [-0.39, 0.29) is 0 Å². The van der Waals surface area contributed by atoms with Crippen LogP contribution in [0, 0.1) is 0 Å². The van der Waals surface area contributed by atoms with Crippen LogP contribution in [0.3, 0.4) is 0 Å². The molecule has 0 aliphatic heterocycles. The van der Waals surface area contributed by atoms with Gasteiger partial charge in [0.25, 0.3) is 0 Å². The normalized spacial score (nSPS) is 11.1. The molecule has 3 aromatic carbocycles. The molecule has 0 aliphatic rings. The third-order valence-electron chi connectivity index (χ3n) is 3.77. The second kappa shape index (κ2) is 5.80. The van der Waals surface area contributed by atoms with Crippen molar-refractivity contribution in [3.05, 3.63) is 84.4 Å². The lowest BCUT2D eigenvalue weighted by molar-refractivity contribution is 1.58. The number of rotatable bonds is 3. The van der Waals surface area contributed by atoms with Crippen molar-refractivity contribution in [1.82, 2.24) is 0 Å². The van der Waals surface area contributed by atoms with E-state index in [4.69, 9.17) is 0 Å². The largest absolute Gasteiger partial charge is 0.0984 e. The summed E-state index contributed by atoms with van der Waals surface area (Å²) < 4.78 is 0. The average molecular weight is 270 g/mol. The molecule has 0 unspecified atom stereocenters. The third-order valence-corrected chi connectivity index (χ3v) is 3.77. The lowest BCUT2D eigenvalue weighted by Crippen LogP contribution is -1.88. The predicted octanol–water partition coefficient (Wildman–Crippen LogP) is 6.18. The Morgan fingerprint density at radius 3 is 2.33 bits per heavy atom. The first-order valence-corrected chi connectivity index (χ1v) is 7.21. The molecule has 0 aliphatic carbocycles.